The maximum atomic E-state index is 13.7. The maximum absolute atomic E-state index is 13.7. The number of amides is 1. The van der Waals surface area contributed by atoms with Gasteiger partial charge in [-0.2, -0.15) is 0 Å². The monoisotopic (exact) mass is 285 g/mol. The van der Waals surface area contributed by atoms with E-state index in [1.54, 1.807) is 35.2 Å². The van der Waals surface area contributed by atoms with E-state index in [1.807, 2.05) is 6.07 Å². The molecule has 2 aromatic rings. The van der Waals surface area contributed by atoms with Gasteiger partial charge < -0.3 is 10.0 Å². The second kappa shape index (κ2) is 5.56. The molecule has 21 heavy (non-hydrogen) atoms. The standard InChI is InChI=1S/C17H16FNO2/c18-14-8-2-1-5-13(14)11-16(21)19-10-4-7-12-6-3-9-15(20)17(12)19/h1-3,5-6,8-9,20H,4,7,10-11H2. The minimum absolute atomic E-state index is 0.000444. The van der Waals surface area contributed by atoms with Crippen LogP contribution in [0.1, 0.15) is 17.5 Å². The van der Waals surface area contributed by atoms with Crippen molar-refractivity contribution < 1.29 is 14.3 Å². The van der Waals surface area contributed by atoms with Crippen molar-refractivity contribution >= 4 is 11.6 Å². The van der Waals surface area contributed by atoms with E-state index < -0.39 is 0 Å². The van der Waals surface area contributed by atoms with Gasteiger partial charge in [0, 0.05) is 6.54 Å². The lowest BCUT2D eigenvalue weighted by Gasteiger charge is -2.30. The molecule has 1 heterocycles. The quantitative estimate of drug-likeness (QED) is 0.921. The lowest BCUT2D eigenvalue weighted by molar-refractivity contribution is -0.118. The number of nitrogens with zero attached hydrogens (tertiary/aromatic N) is 1. The molecule has 0 bridgehead atoms. The summed E-state index contributed by atoms with van der Waals surface area (Å²) in [5, 5.41) is 10.0. The van der Waals surface area contributed by atoms with Gasteiger partial charge in [0.1, 0.15) is 11.6 Å². The Hall–Kier alpha value is -2.36. The van der Waals surface area contributed by atoms with Crippen molar-refractivity contribution in [1.29, 1.82) is 0 Å². The zero-order chi connectivity index (χ0) is 14.8. The molecule has 1 aliphatic heterocycles. The Kier molecular flexibility index (Phi) is 3.60. The van der Waals surface area contributed by atoms with Crippen molar-refractivity contribution in [3.8, 4) is 5.75 Å². The Bertz CT molecular complexity index is 684. The number of halogens is 1. The minimum atomic E-state index is -0.375. The summed E-state index contributed by atoms with van der Waals surface area (Å²) in [6.45, 7) is 0.553. The molecule has 1 amide bonds. The second-order valence-corrected chi connectivity index (χ2v) is 5.20. The van der Waals surface area contributed by atoms with Gasteiger partial charge in [0.15, 0.2) is 0 Å². The first-order valence-electron chi connectivity index (χ1n) is 7.01. The van der Waals surface area contributed by atoms with Crippen LogP contribution < -0.4 is 4.90 Å². The summed E-state index contributed by atoms with van der Waals surface area (Å²) >= 11 is 0. The Morgan fingerprint density at radius 2 is 2.00 bits per heavy atom. The van der Waals surface area contributed by atoms with Crippen molar-refractivity contribution in [1.82, 2.24) is 0 Å². The number of fused-ring (bicyclic) bond motifs is 1. The van der Waals surface area contributed by atoms with Gasteiger partial charge in [0.05, 0.1) is 12.1 Å². The lowest BCUT2D eigenvalue weighted by atomic mass is 10.00. The van der Waals surface area contributed by atoms with E-state index in [1.165, 1.54) is 6.07 Å². The van der Waals surface area contributed by atoms with Crippen LogP contribution in [-0.4, -0.2) is 17.6 Å². The van der Waals surface area contributed by atoms with Crippen LogP contribution in [0.3, 0.4) is 0 Å². The number of aromatic hydroxyl groups is 1. The van der Waals surface area contributed by atoms with Gasteiger partial charge in [-0.15, -0.1) is 0 Å². The van der Waals surface area contributed by atoms with Gasteiger partial charge in [-0.1, -0.05) is 30.3 Å². The second-order valence-electron chi connectivity index (χ2n) is 5.20. The third kappa shape index (κ3) is 2.61. The van der Waals surface area contributed by atoms with Crippen LogP contribution in [0.2, 0.25) is 0 Å². The highest BCUT2D eigenvalue weighted by atomic mass is 19.1. The smallest absolute Gasteiger partial charge is 0.231 e. The number of phenolic OH excluding ortho intramolecular Hbond substituents is 1. The zero-order valence-electron chi connectivity index (χ0n) is 11.6. The van der Waals surface area contributed by atoms with Crippen LogP contribution in [0.15, 0.2) is 42.5 Å². The molecule has 108 valence electrons. The molecule has 0 fully saturated rings. The van der Waals surface area contributed by atoms with E-state index >= 15 is 0 Å². The third-order valence-electron chi connectivity index (χ3n) is 3.80. The van der Waals surface area contributed by atoms with E-state index in [0.29, 0.717) is 17.8 Å². The molecular formula is C17H16FNO2. The van der Waals surface area contributed by atoms with Crippen molar-refractivity contribution in [3.05, 3.63) is 59.4 Å². The van der Waals surface area contributed by atoms with E-state index in [4.69, 9.17) is 0 Å². The summed E-state index contributed by atoms with van der Waals surface area (Å²) in [5.41, 5.74) is 1.92. The number of anilines is 1. The average Bonchev–Trinajstić information content (AvgIpc) is 2.49. The first-order valence-corrected chi connectivity index (χ1v) is 7.01. The fourth-order valence-corrected chi connectivity index (χ4v) is 2.78. The molecule has 0 spiro atoms. The van der Waals surface area contributed by atoms with E-state index in [0.717, 1.165) is 18.4 Å². The Morgan fingerprint density at radius 3 is 2.81 bits per heavy atom. The van der Waals surface area contributed by atoms with Crippen LogP contribution in [0.5, 0.6) is 5.75 Å². The first-order chi connectivity index (χ1) is 10.2. The molecule has 2 aromatic carbocycles. The normalized spacial score (nSPS) is 13.9. The largest absolute Gasteiger partial charge is 0.506 e. The van der Waals surface area contributed by atoms with Crippen LogP contribution in [-0.2, 0) is 17.6 Å². The Morgan fingerprint density at radius 1 is 1.19 bits per heavy atom. The predicted molar refractivity (Wildman–Crippen MR) is 78.9 cm³/mol. The number of hydrogen-bond acceptors (Lipinski definition) is 2. The molecule has 1 aliphatic rings. The highest BCUT2D eigenvalue weighted by Gasteiger charge is 2.25. The maximum Gasteiger partial charge on any atom is 0.231 e. The Balaban J connectivity index is 1.89. The van der Waals surface area contributed by atoms with Gasteiger partial charge in [-0.3, -0.25) is 4.79 Å². The van der Waals surface area contributed by atoms with Gasteiger partial charge in [-0.05, 0) is 36.1 Å². The van der Waals surface area contributed by atoms with Gasteiger partial charge in [0.25, 0.3) is 0 Å². The number of carbonyl (C=O) groups excluding carboxylic acids is 1. The van der Waals surface area contributed by atoms with Gasteiger partial charge >= 0.3 is 0 Å². The summed E-state index contributed by atoms with van der Waals surface area (Å²) in [6.07, 6.45) is 1.69. The summed E-state index contributed by atoms with van der Waals surface area (Å²) in [5.74, 6) is -0.461. The first kappa shape index (κ1) is 13.6. The number of para-hydroxylation sites is 1. The molecule has 4 heteroatoms. The van der Waals surface area contributed by atoms with Crippen molar-refractivity contribution in [2.24, 2.45) is 0 Å². The average molecular weight is 285 g/mol. The van der Waals surface area contributed by atoms with E-state index in [-0.39, 0.29) is 23.9 Å². The zero-order valence-corrected chi connectivity index (χ0v) is 11.6. The molecule has 3 rings (SSSR count). The van der Waals surface area contributed by atoms with Crippen LogP contribution in [0.25, 0.3) is 0 Å². The number of aryl methyl sites for hydroxylation is 1. The fourth-order valence-electron chi connectivity index (χ4n) is 2.78. The summed E-state index contributed by atoms with van der Waals surface area (Å²) in [6, 6.07) is 11.6. The molecule has 0 unspecified atom stereocenters. The molecule has 0 saturated carbocycles. The van der Waals surface area contributed by atoms with Crippen molar-refractivity contribution in [2.75, 3.05) is 11.4 Å². The summed E-state index contributed by atoms with van der Waals surface area (Å²) in [4.78, 5) is 14.1. The molecule has 0 radical (unpaired) electrons. The molecule has 0 saturated heterocycles. The van der Waals surface area contributed by atoms with Gasteiger partial charge in [-0.25, -0.2) is 4.39 Å². The summed E-state index contributed by atoms with van der Waals surface area (Å²) < 4.78 is 13.7. The molecule has 0 aromatic heterocycles. The lowest BCUT2D eigenvalue weighted by Crippen LogP contribution is -2.36. The Labute approximate surface area is 122 Å². The highest BCUT2D eigenvalue weighted by Crippen LogP contribution is 2.35. The molecule has 0 aliphatic carbocycles. The van der Waals surface area contributed by atoms with E-state index in [9.17, 15) is 14.3 Å². The van der Waals surface area contributed by atoms with Crippen molar-refractivity contribution in [3.63, 3.8) is 0 Å². The molecular weight excluding hydrogens is 269 g/mol. The third-order valence-corrected chi connectivity index (χ3v) is 3.80. The van der Waals surface area contributed by atoms with Crippen LogP contribution in [0.4, 0.5) is 10.1 Å². The predicted octanol–water partition coefficient (Wildman–Crippen LogP) is 3.05. The highest BCUT2D eigenvalue weighted by molar-refractivity contribution is 5.97. The minimum Gasteiger partial charge on any atom is -0.506 e. The summed E-state index contributed by atoms with van der Waals surface area (Å²) in [7, 11) is 0. The van der Waals surface area contributed by atoms with Crippen LogP contribution in [0, 0.1) is 5.82 Å². The number of carbonyl (C=O) groups is 1. The van der Waals surface area contributed by atoms with Gasteiger partial charge in [0.2, 0.25) is 5.91 Å². The SMILES string of the molecule is O=C(Cc1ccccc1F)N1CCCc2cccc(O)c21. The fraction of sp³-hybridized carbons (Fsp3) is 0.235. The van der Waals surface area contributed by atoms with E-state index in [2.05, 4.69) is 0 Å². The van der Waals surface area contributed by atoms with Crippen molar-refractivity contribution in [2.45, 2.75) is 19.3 Å². The molecule has 0 atom stereocenters. The number of rotatable bonds is 2. The number of benzene rings is 2. The molecule has 3 nitrogen and oxygen atoms in total. The van der Waals surface area contributed by atoms with Crippen LogP contribution >= 0.6 is 0 Å². The molecule has 1 N–H and O–H groups in total. The number of hydrogen-bond donors (Lipinski definition) is 1. The topological polar surface area (TPSA) is 40.5 Å². The number of phenols is 1.